The van der Waals surface area contributed by atoms with Crippen LogP contribution in [0.5, 0.6) is 0 Å². The van der Waals surface area contributed by atoms with Crippen molar-refractivity contribution in [3.05, 3.63) is 50.6 Å². The van der Waals surface area contributed by atoms with E-state index in [9.17, 15) is 17.5 Å². The first kappa shape index (κ1) is 39.7. The fourth-order valence-corrected chi connectivity index (χ4v) is 3.41. The fourth-order valence-electron chi connectivity index (χ4n) is 0.808. The number of hydrogen-bond donors (Lipinski definition) is 0. The van der Waals surface area contributed by atoms with Crippen molar-refractivity contribution in [2.24, 2.45) is 0 Å². The summed E-state index contributed by atoms with van der Waals surface area (Å²) in [5.74, 6) is 0. The van der Waals surface area contributed by atoms with Crippen molar-refractivity contribution in [2.45, 2.75) is 0 Å². The molecule has 11 nitrogen and oxygen atoms in total. The molecule has 0 aromatic heterocycles. The summed E-state index contributed by atoms with van der Waals surface area (Å²) < 4.78 is 76.7. The van der Waals surface area contributed by atoms with Gasteiger partial charge in [-0.25, -0.2) is 8.75 Å². The second kappa shape index (κ2) is 29.6. The maximum atomic E-state index is 11.5. The Labute approximate surface area is 216 Å². The molecule has 195 valence electrons. The van der Waals surface area contributed by atoms with E-state index >= 15 is 0 Å². The van der Waals surface area contributed by atoms with Crippen LogP contribution in [0.3, 0.4) is 0 Å². The molecule has 0 saturated carbocycles. The van der Waals surface area contributed by atoms with Gasteiger partial charge in [-0.15, -0.1) is 26.3 Å². The molecule has 0 aromatic rings. The Morgan fingerprint density at radius 2 is 1.19 bits per heavy atom. The Kier molecular flexibility index (Phi) is 36.7. The van der Waals surface area contributed by atoms with Gasteiger partial charge in [0.05, 0.1) is 26.4 Å². The molecule has 0 aromatic carbocycles. The van der Waals surface area contributed by atoms with Crippen molar-refractivity contribution >= 4 is 59.3 Å². The molecule has 0 saturated heterocycles. The summed E-state index contributed by atoms with van der Waals surface area (Å²) in [4.78, 5) is 0. The van der Waals surface area contributed by atoms with Gasteiger partial charge in [-0.1, -0.05) is 47.5 Å². The Hall–Kier alpha value is 0.540. The molecule has 0 radical (unpaired) electrons. The van der Waals surface area contributed by atoms with Crippen LogP contribution in [0, 0.1) is 0 Å². The molecule has 0 aliphatic rings. The average Bonchev–Trinajstić information content (AvgIpc) is 2.75. The Morgan fingerprint density at radius 3 is 1.41 bits per heavy atom. The minimum absolute atomic E-state index is 0.0747. The van der Waals surface area contributed by atoms with Crippen molar-refractivity contribution in [3.63, 3.8) is 0 Å². The van der Waals surface area contributed by atoms with Crippen molar-refractivity contribution in [1.82, 2.24) is 0 Å². The second-order valence-electron chi connectivity index (χ2n) is 3.92. The van der Waals surface area contributed by atoms with Crippen LogP contribution in [0.15, 0.2) is 50.6 Å². The van der Waals surface area contributed by atoms with E-state index in [4.69, 9.17) is 35.5 Å². The maximum absolute atomic E-state index is 11.5. The molecule has 32 heavy (non-hydrogen) atoms. The zero-order valence-corrected chi connectivity index (χ0v) is 23.1. The molecule has 0 aliphatic heterocycles. The van der Waals surface area contributed by atoms with E-state index in [1.54, 1.807) is 21.0 Å². The number of phosphoric acid groups is 1. The van der Waals surface area contributed by atoms with Crippen LogP contribution >= 0.6 is 50.0 Å². The zero-order chi connectivity index (χ0) is 25.9. The first-order chi connectivity index (χ1) is 15.1. The van der Waals surface area contributed by atoms with Gasteiger partial charge in [0.2, 0.25) is 0 Å². The van der Waals surface area contributed by atoms with E-state index < -0.39 is 31.5 Å². The molecule has 0 aliphatic carbocycles. The third kappa shape index (κ3) is 37.8. The van der Waals surface area contributed by atoms with Gasteiger partial charge in [0.25, 0.3) is 0 Å². The standard InChI is InChI=1S/C7H12ClO4P.C6H11O3P.CH2Cl2O3S.Ag.O/c1-3-5-10-13(9,12-7-8)11-6-4-2;1-3-5-8-10(7)9-6-4-2;2-1-6-7(3,4)5;;/h3-4H,1-2,5-7H2;3-4,10H,1-2,5-6H2;1H2;;. The molecule has 0 atom stereocenters. The fraction of sp³-hybridized carbons (Fsp3) is 0.429. The summed E-state index contributed by atoms with van der Waals surface area (Å²) in [5, 5.41) is 0. The van der Waals surface area contributed by atoms with Gasteiger partial charge in [0.1, 0.15) is 12.1 Å². The number of rotatable bonds is 16. The molecule has 0 unspecified atom stereocenters. The molecule has 0 bridgehead atoms. The Morgan fingerprint density at radius 1 is 0.812 bits per heavy atom. The van der Waals surface area contributed by atoms with Gasteiger partial charge in [-0.2, -0.15) is 8.42 Å². The van der Waals surface area contributed by atoms with Gasteiger partial charge < -0.3 is 9.05 Å². The van der Waals surface area contributed by atoms with Gasteiger partial charge in [0, 0.05) is 10.7 Å². The van der Waals surface area contributed by atoms with Gasteiger partial charge in [-0.05, 0) is 0 Å². The molecular formula is C14H25AgCl3O11P2S. The number of hydrogen-bond acceptors (Lipinski definition) is 11. The Balaban J connectivity index is -0.000000184. The first-order valence-corrected chi connectivity index (χ1v) is 14.2. The molecule has 0 N–H and O–H groups in total. The van der Waals surface area contributed by atoms with Crippen LogP contribution in [0.4, 0.5) is 0 Å². The van der Waals surface area contributed by atoms with Crippen molar-refractivity contribution in [2.75, 3.05) is 38.6 Å². The van der Waals surface area contributed by atoms with Crippen molar-refractivity contribution in [3.8, 4) is 0 Å². The zero-order valence-electron chi connectivity index (χ0n) is 16.7. The first-order valence-electron chi connectivity index (χ1n) is 7.65. The van der Waals surface area contributed by atoms with E-state index in [1.165, 1.54) is 24.3 Å². The van der Waals surface area contributed by atoms with Crippen LogP contribution in [-0.4, -0.2) is 47.0 Å². The van der Waals surface area contributed by atoms with E-state index in [-0.39, 0.29) is 32.5 Å². The predicted molar refractivity (Wildman–Crippen MR) is 120 cm³/mol. The molecule has 0 heterocycles. The molecule has 0 spiro atoms. The predicted octanol–water partition coefficient (Wildman–Crippen LogP) is 5.06. The van der Waals surface area contributed by atoms with Crippen molar-refractivity contribution < 1.29 is 68.6 Å². The molecular weight excluding hydrogens is 652 g/mol. The normalized spacial score (nSPS) is 10.3. The average molecular weight is 678 g/mol. The SMILES string of the molecule is C=CCOP(=O)(OCCl)OCC=C.C=CCO[PH](=O)OCC=C.O=S(=O)(Cl)OCCl.[O]=[Ag]. The summed E-state index contributed by atoms with van der Waals surface area (Å²) in [5.41, 5.74) is 0. The van der Waals surface area contributed by atoms with Crippen LogP contribution in [0.25, 0.3) is 0 Å². The molecule has 0 rings (SSSR count). The second-order valence-corrected chi connectivity index (χ2v) is 9.26. The topological polar surface area (TPSA) is 141 Å². The molecule has 0 amide bonds. The van der Waals surface area contributed by atoms with Gasteiger partial charge in [-0.3, -0.25) is 18.1 Å². The number of halogens is 3. The van der Waals surface area contributed by atoms with Crippen molar-refractivity contribution in [1.29, 1.82) is 0 Å². The third-order valence-corrected chi connectivity index (χ3v) is 5.08. The van der Waals surface area contributed by atoms with Gasteiger partial charge in [0.15, 0.2) is 0 Å². The minimum atomic E-state index is -3.83. The van der Waals surface area contributed by atoms with Crippen LogP contribution in [-0.2, 0) is 69.6 Å². The summed E-state index contributed by atoms with van der Waals surface area (Å²) in [7, 11) is -5.17. The summed E-state index contributed by atoms with van der Waals surface area (Å²) in [6, 6.07) is -0.697. The summed E-state index contributed by atoms with van der Waals surface area (Å²) in [6.07, 6.45) is 5.89. The monoisotopic (exact) mass is 675 g/mol. The van der Waals surface area contributed by atoms with Crippen LogP contribution < -0.4 is 0 Å². The summed E-state index contributed by atoms with van der Waals surface area (Å²) in [6.45, 7) is 14.2. The van der Waals surface area contributed by atoms with E-state index in [0.717, 1.165) is 0 Å². The quantitative estimate of drug-likeness (QED) is 0.0712. The summed E-state index contributed by atoms with van der Waals surface area (Å²) >= 11 is 11.7. The van der Waals surface area contributed by atoms with Gasteiger partial charge >= 0.3 is 49.7 Å². The molecule has 0 fully saturated rings. The van der Waals surface area contributed by atoms with E-state index in [0.29, 0.717) is 0 Å². The van der Waals surface area contributed by atoms with E-state index in [2.05, 4.69) is 54.8 Å². The van der Waals surface area contributed by atoms with Crippen LogP contribution in [0.2, 0.25) is 0 Å². The Bertz CT molecular complexity index is 638. The number of phosphoric ester groups is 1. The number of alkyl halides is 2. The van der Waals surface area contributed by atoms with Crippen LogP contribution in [0.1, 0.15) is 0 Å². The van der Waals surface area contributed by atoms with E-state index in [1.807, 2.05) is 0 Å². The third-order valence-electron chi connectivity index (χ3n) is 1.73. The molecule has 18 heteroatoms.